The predicted octanol–water partition coefficient (Wildman–Crippen LogP) is 0.390. The molecule has 0 amide bonds. The molecule has 0 aromatic heterocycles. The van der Waals surface area contributed by atoms with Gasteiger partial charge in [-0.1, -0.05) is 6.42 Å². The molecule has 1 aliphatic rings. The Hall–Kier alpha value is -0.353. The van der Waals surface area contributed by atoms with Crippen molar-refractivity contribution >= 4 is 15.7 Å². The van der Waals surface area contributed by atoms with Crippen molar-refractivity contribution in [1.82, 2.24) is 0 Å². The molecule has 0 aromatic carbocycles. The highest BCUT2D eigenvalue weighted by atomic mass is 28.2. The summed E-state index contributed by atoms with van der Waals surface area (Å²) in [5, 5.41) is 7.42. The van der Waals surface area contributed by atoms with Gasteiger partial charge in [-0.25, -0.2) is 0 Å². The number of carbonyl (C=O) groups is 1. The van der Waals surface area contributed by atoms with E-state index in [0.717, 1.165) is 13.5 Å². The van der Waals surface area contributed by atoms with Crippen LogP contribution in [0.25, 0.3) is 0 Å². The van der Waals surface area contributed by atoms with Crippen molar-refractivity contribution in [2.24, 2.45) is 0 Å². The SMILES string of the molecule is C1CC[SiH2]OC1.CC(=O)O. The second kappa shape index (κ2) is 6.76. The Balaban J connectivity index is 0.000000180. The van der Waals surface area contributed by atoms with Gasteiger partial charge in [0.05, 0.1) is 0 Å². The molecule has 1 fully saturated rings. The average Bonchev–Trinajstić information content (AvgIpc) is 1.90. The zero-order valence-corrected chi connectivity index (χ0v) is 7.71. The predicted molar refractivity (Wildman–Crippen MR) is 41.8 cm³/mol. The van der Waals surface area contributed by atoms with Crippen molar-refractivity contribution < 1.29 is 14.3 Å². The van der Waals surface area contributed by atoms with E-state index in [1.54, 1.807) is 0 Å². The summed E-state index contributed by atoms with van der Waals surface area (Å²) < 4.78 is 5.21. The van der Waals surface area contributed by atoms with E-state index in [4.69, 9.17) is 14.3 Å². The standard InChI is InChI=1S/C4H10OSi.C2H4O2/c1-2-4-6-5-3-1;1-2(3)4/h1-4,6H2;1H3,(H,3,4). The number of rotatable bonds is 0. The molecule has 0 aromatic rings. The van der Waals surface area contributed by atoms with Gasteiger partial charge in [-0.05, 0) is 12.5 Å². The fraction of sp³-hybridized carbons (Fsp3) is 0.833. The van der Waals surface area contributed by atoms with Crippen LogP contribution in [0, 0.1) is 0 Å². The van der Waals surface area contributed by atoms with Gasteiger partial charge in [0.25, 0.3) is 5.97 Å². The van der Waals surface area contributed by atoms with Crippen molar-refractivity contribution in [2.75, 3.05) is 6.61 Å². The first-order chi connectivity index (χ1) is 4.73. The van der Waals surface area contributed by atoms with Crippen LogP contribution in [-0.4, -0.2) is 27.4 Å². The summed E-state index contributed by atoms with van der Waals surface area (Å²) in [6.07, 6.45) is 2.75. The third-order valence-corrected chi connectivity index (χ3v) is 2.44. The summed E-state index contributed by atoms with van der Waals surface area (Å²) in [6, 6.07) is 1.42. The van der Waals surface area contributed by atoms with E-state index in [2.05, 4.69) is 0 Å². The number of carboxylic acid groups (broad SMARTS) is 1. The summed E-state index contributed by atoms with van der Waals surface area (Å²) >= 11 is 0. The first-order valence-electron chi connectivity index (χ1n) is 3.51. The molecule has 4 heteroatoms. The smallest absolute Gasteiger partial charge is 0.300 e. The monoisotopic (exact) mass is 162 g/mol. The number of aliphatic carboxylic acids is 1. The van der Waals surface area contributed by atoms with E-state index < -0.39 is 5.97 Å². The topological polar surface area (TPSA) is 46.5 Å². The molecule has 0 aliphatic carbocycles. The van der Waals surface area contributed by atoms with Crippen LogP contribution in [0.4, 0.5) is 0 Å². The summed E-state index contributed by atoms with van der Waals surface area (Å²) in [5.74, 6) is -0.833. The average molecular weight is 162 g/mol. The molecule has 1 heterocycles. The molecule has 0 unspecified atom stereocenters. The Bertz CT molecular complexity index is 75.5. The van der Waals surface area contributed by atoms with Crippen LogP contribution in [0.1, 0.15) is 19.8 Å². The molecule has 3 nitrogen and oxygen atoms in total. The van der Waals surface area contributed by atoms with E-state index in [0.29, 0.717) is 0 Å². The van der Waals surface area contributed by atoms with Crippen molar-refractivity contribution in [2.45, 2.75) is 25.8 Å². The first-order valence-corrected chi connectivity index (χ1v) is 5.08. The van der Waals surface area contributed by atoms with Crippen LogP contribution >= 0.6 is 0 Å². The molecule has 1 aliphatic heterocycles. The summed E-state index contributed by atoms with van der Waals surface area (Å²) in [4.78, 5) is 9.00. The molecule has 10 heavy (non-hydrogen) atoms. The Morgan fingerprint density at radius 1 is 1.60 bits per heavy atom. The molecule has 0 saturated carbocycles. The van der Waals surface area contributed by atoms with Crippen LogP contribution < -0.4 is 0 Å². The van der Waals surface area contributed by atoms with Crippen LogP contribution in [0.2, 0.25) is 6.04 Å². The Labute approximate surface area is 63.3 Å². The van der Waals surface area contributed by atoms with Crippen molar-refractivity contribution in [3.05, 3.63) is 0 Å². The molecule has 0 spiro atoms. The fourth-order valence-electron chi connectivity index (χ4n) is 0.687. The lowest BCUT2D eigenvalue weighted by Crippen LogP contribution is -2.06. The highest BCUT2D eigenvalue weighted by molar-refractivity contribution is 6.27. The maximum atomic E-state index is 9.00. The second-order valence-corrected chi connectivity index (χ2v) is 3.72. The number of hydrogen-bond acceptors (Lipinski definition) is 2. The minimum atomic E-state index is -0.833. The van der Waals surface area contributed by atoms with Gasteiger partial charge < -0.3 is 9.53 Å². The largest absolute Gasteiger partial charge is 0.481 e. The lowest BCUT2D eigenvalue weighted by molar-refractivity contribution is -0.134. The molecule has 0 radical (unpaired) electrons. The normalized spacial score (nSPS) is 19.3. The van der Waals surface area contributed by atoms with Crippen LogP contribution in [0.3, 0.4) is 0 Å². The highest BCUT2D eigenvalue weighted by Gasteiger charge is 1.96. The summed E-state index contributed by atoms with van der Waals surface area (Å²) in [5.41, 5.74) is 0. The minimum Gasteiger partial charge on any atom is -0.481 e. The van der Waals surface area contributed by atoms with Gasteiger partial charge in [0, 0.05) is 13.5 Å². The van der Waals surface area contributed by atoms with Gasteiger partial charge in [-0.2, -0.15) is 0 Å². The van der Waals surface area contributed by atoms with Gasteiger partial charge in [0.15, 0.2) is 9.76 Å². The molecule has 1 rings (SSSR count). The van der Waals surface area contributed by atoms with Crippen molar-refractivity contribution in [3.8, 4) is 0 Å². The zero-order valence-electron chi connectivity index (χ0n) is 6.30. The van der Waals surface area contributed by atoms with Gasteiger partial charge in [-0.15, -0.1) is 0 Å². The molecule has 0 atom stereocenters. The third-order valence-electron chi connectivity index (χ3n) is 1.08. The van der Waals surface area contributed by atoms with Crippen molar-refractivity contribution in [1.29, 1.82) is 0 Å². The van der Waals surface area contributed by atoms with Gasteiger partial charge in [0.1, 0.15) is 0 Å². The zero-order chi connectivity index (χ0) is 7.82. The Morgan fingerprint density at radius 2 is 2.20 bits per heavy atom. The van der Waals surface area contributed by atoms with Crippen LogP contribution in [0.15, 0.2) is 0 Å². The van der Waals surface area contributed by atoms with Crippen molar-refractivity contribution in [3.63, 3.8) is 0 Å². The van der Waals surface area contributed by atoms with Gasteiger partial charge in [0.2, 0.25) is 0 Å². The molecular formula is C6H14O3Si. The summed E-state index contributed by atoms with van der Waals surface area (Å²) in [6.45, 7) is 2.15. The summed E-state index contributed by atoms with van der Waals surface area (Å²) in [7, 11) is 0.00849. The molecule has 60 valence electrons. The highest BCUT2D eigenvalue weighted by Crippen LogP contribution is 2.01. The number of hydrogen-bond donors (Lipinski definition) is 1. The molecule has 0 bridgehead atoms. The van der Waals surface area contributed by atoms with Crippen LogP contribution in [-0.2, 0) is 9.22 Å². The quantitative estimate of drug-likeness (QED) is 0.524. The van der Waals surface area contributed by atoms with E-state index in [1.165, 1.54) is 18.9 Å². The van der Waals surface area contributed by atoms with E-state index >= 15 is 0 Å². The van der Waals surface area contributed by atoms with Gasteiger partial charge in [-0.3, -0.25) is 4.79 Å². The first kappa shape index (κ1) is 9.65. The lowest BCUT2D eigenvalue weighted by atomic mass is 10.4. The maximum Gasteiger partial charge on any atom is 0.300 e. The maximum absolute atomic E-state index is 9.00. The van der Waals surface area contributed by atoms with E-state index in [-0.39, 0.29) is 9.76 Å². The third kappa shape index (κ3) is 10.6. The fourth-order valence-corrected chi connectivity index (χ4v) is 1.86. The molecule has 1 saturated heterocycles. The van der Waals surface area contributed by atoms with Gasteiger partial charge >= 0.3 is 0 Å². The molecule has 1 N–H and O–H groups in total. The number of carboxylic acids is 1. The Morgan fingerprint density at radius 3 is 2.30 bits per heavy atom. The molecular weight excluding hydrogens is 148 g/mol. The second-order valence-electron chi connectivity index (χ2n) is 2.19. The van der Waals surface area contributed by atoms with E-state index in [9.17, 15) is 0 Å². The van der Waals surface area contributed by atoms with E-state index in [1.807, 2.05) is 0 Å². The minimum absolute atomic E-state index is 0.00849. The Kier molecular flexibility index (Phi) is 6.52. The van der Waals surface area contributed by atoms with Crippen LogP contribution in [0.5, 0.6) is 0 Å². The lowest BCUT2D eigenvalue weighted by Gasteiger charge is -2.07.